The summed E-state index contributed by atoms with van der Waals surface area (Å²) in [6, 6.07) is 0. The molecule has 0 spiro atoms. The fraction of sp³-hybridized carbons (Fsp3) is 1.00. The van der Waals surface area contributed by atoms with Crippen LogP contribution in [0.1, 0.15) is 0 Å². The lowest BCUT2D eigenvalue weighted by Crippen LogP contribution is -2.21. The van der Waals surface area contributed by atoms with E-state index in [1.54, 1.807) is 0 Å². The van der Waals surface area contributed by atoms with E-state index in [1.165, 1.54) is 14.2 Å². The van der Waals surface area contributed by atoms with Gasteiger partial charge in [-0.25, -0.2) is 0 Å². The molecule has 6 nitrogen and oxygen atoms in total. The van der Waals surface area contributed by atoms with E-state index < -0.39 is 13.0 Å². The van der Waals surface area contributed by atoms with Gasteiger partial charge in [0.2, 0.25) is 0 Å². The SMILES string of the molecule is COC(OC)OOC(O)O. The summed E-state index contributed by atoms with van der Waals surface area (Å²) in [5.74, 6) is 0. The minimum Gasteiger partial charge on any atom is -0.344 e. The largest absolute Gasteiger partial charge is 0.344 e. The number of methoxy groups -OCH3 is 2. The van der Waals surface area contributed by atoms with Crippen molar-refractivity contribution < 1.29 is 29.5 Å². The number of aliphatic hydroxyl groups excluding tert-OH is 1. The Bertz CT molecular complexity index is 70.1. The van der Waals surface area contributed by atoms with Gasteiger partial charge in [-0.2, -0.15) is 9.78 Å². The highest BCUT2D eigenvalue weighted by atomic mass is 17.3. The van der Waals surface area contributed by atoms with Crippen molar-refractivity contribution in [1.82, 2.24) is 0 Å². The van der Waals surface area contributed by atoms with E-state index in [0.29, 0.717) is 0 Å². The summed E-state index contributed by atoms with van der Waals surface area (Å²) in [5.41, 5.74) is 0. The molecule has 0 bridgehead atoms. The molecule has 0 aromatic heterocycles. The van der Waals surface area contributed by atoms with Crippen LogP contribution in [0.5, 0.6) is 0 Å². The number of hydrogen-bond donors (Lipinski definition) is 2. The van der Waals surface area contributed by atoms with Crippen LogP contribution in [-0.4, -0.2) is 37.4 Å². The van der Waals surface area contributed by atoms with Gasteiger partial charge >= 0.3 is 6.48 Å². The standard InChI is InChI=1S/C4H10O6/c1-7-4(8-2)10-9-3(5)6/h3-6H,1-2H3. The van der Waals surface area contributed by atoms with Gasteiger partial charge in [0.1, 0.15) is 0 Å². The van der Waals surface area contributed by atoms with Crippen molar-refractivity contribution in [3.8, 4) is 0 Å². The van der Waals surface area contributed by atoms with E-state index in [9.17, 15) is 0 Å². The molecule has 0 aliphatic rings. The Morgan fingerprint density at radius 1 is 1.00 bits per heavy atom. The number of aliphatic hydroxyl groups is 2. The van der Waals surface area contributed by atoms with Crippen molar-refractivity contribution in [1.29, 1.82) is 0 Å². The monoisotopic (exact) mass is 154 g/mol. The zero-order valence-corrected chi connectivity index (χ0v) is 5.68. The molecule has 0 radical (unpaired) electrons. The van der Waals surface area contributed by atoms with Crippen LogP contribution in [-0.2, 0) is 19.2 Å². The van der Waals surface area contributed by atoms with E-state index >= 15 is 0 Å². The fourth-order valence-electron chi connectivity index (χ4n) is 0.270. The highest BCUT2D eigenvalue weighted by Crippen LogP contribution is 1.95. The summed E-state index contributed by atoms with van der Waals surface area (Å²) in [6.45, 7) is -3.05. The maximum atomic E-state index is 8.09. The van der Waals surface area contributed by atoms with Gasteiger partial charge in [0.25, 0.3) is 6.48 Å². The molecule has 0 aliphatic carbocycles. The van der Waals surface area contributed by atoms with Gasteiger partial charge in [0, 0.05) is 14.2 Å². The van der Waals surface area contributed by atoms with E-state index in [1.807, 2.05) is 0 Å². The normalized spacial score (nSPS) is 11.4. The second-order valence-corrected chi connectivity index (χ2v) is 1.28. The molecule has 10 heavy (non-hydrogen) atoms. The van der Waals surface area contributed by atoms with E-state index in [-0.39, 0.29) is 0 Å². The molecule has 0 aromatic rings. The maximum Gasteiger partial charge on any atom is 0.300 e. The zero-order chi connectivity index (χ0) is 7.98. The predicted molar refractivity (Wildman–Crippen MR) is 28.2 cm³/mol. The molecule has 0 heterocycles. The number of ether oxygens (including phenoxy) is 2. The Hall–Kier alpha value is -0.240. The molecule has 0 aromatic carbocycles. The van der Waals surface area contributed by atoms with Crippen LogP contribution in [0.25, 0.3) is 0 Å². The van der Waals surface area contributed by atoms with Crippen molar-refractivity contribution in [3.05, 3.63) is 0 Å². The van der Waals surface area contributed by atoms with E-state index in [0.717, 1.165) is 0 Å². The van der Waals surface area contributed by atoms with Crippen LogP contribution in [0.4, 0.5) is 0 Å². The lowest BCUT2D eigenvalue weighted by Gasteiger charge is -2.12. The molecular weight excluding hydrogens is 144 g/mol. The second-order valence-electron chi connectivity index (χ2n) is 1.28. The minimum absolute atomic E-state index is 1.05. The quantitative estimate of drug-likeness (QED) is 0.293. The van der Waals surface area contributed by atoms with Crippen molar-refractivity contribution in [2.45, 2.75) is 13.0 Å². The summed E-state index contributed by atoms with van der Waals surface area (Å²) in [4.78, 5) is 8.00. The molecule has 0 saturated carbocycles. The van der Waals surface area contributed by atoms with Crippen molar-refractivity contribution >= 4 is 0 Å². The van der Waals surface area contributed by atoms with Crippen molar-refractivity contribution in [2.75, 3.05) is 14.2 Å². The molecule has 0 rings (SSSR count). The van der Waals surface area contributed by atoms with Gasteiger partial charge in [-0.05, 0) is 0 Å². The maximum absolute atomic E-state index is 8.09. The first kappa shape index (κ1) is 9.76. The Labute approximate surface area is 57.8 Å². The summed E-state index contributed by atoms with van der Waals surface area (Å²) in [5, 5.41) is 16.2. The third-order valence-corrected chi connectivity index (χ3v) is 0.605. The van der Waals surface area contributed by atoms with Crippen LogP contribution >= 0.6 is 0 Å². The second kappa shape index (κ2) is 5.54. The summed E-state index contributed by atoms with van der Waals surface area (Å²) in [6.07, 6.45) is 0. The van der Waals surface area contributed by atoms with Gasteiger partial charge in [-0.3, -0.25) is 0 Å². The third kappa shape index (κ3) is 4.62. The van der Waals surface area contributed by atoms with Crippen LogP contribution in [0.3, 0.4) is 0 Å². The Kier molecular flexibility index (Phi) is 5.40. The first-order chi connectivity index (χ1) is 4.70. The lowest BCUT2D eigenvalue weighted by atomic mass is 11.2. The van der Waals surface area contributed by atoms with Crippen LogP contribution < -0.4 is 0 Å². The van der Waals surface area contributed by atoms with Gasteiger partial charge in [-0.1, -0.05) is 0 Å². The van der Waals surface area contributed by atoms with Crippen LogP contribution in [0.2, 0.25) is 0 Å². The molecule has 0 unspecified atom stereocenters. The van der Waals surface area contributed by atoms with E-state index in [2.05, 4.69) is 19.2 Å². The number of rotatable bonds is 5. The van der Waals surface area contributed by atoms with Gasteiger partial charge < -0.3 is 19.7 Å². The average Bonchev–Trinajstić information content (AvgIpc) is 1.90. The van der Waals surface area contributed by atoms with E-state index in [4.69, 9.17) is 10.2 Å². The minimum atomic E-state index is -1.99. The molecule has 62 valence electrons. The first-order valence-corrected chi connectivity index (χ1v) is 2.44. The number of hydrogen-bond acceptors (Lipinski definition) is 6. The summed E-state index contributed by atoms with van der Waals surface area (Å²) in [7, 11) is 2.61. The summed E-state index contributed by atoms with van der Waals surface area (Å²) >= 11 is 0. The molecular formula is C4H10O6. The fourth-order valence-corrected chi connectivity index (χ4v) is 0.270. The van der Waals surface area contributed by atoms with Gasteiger partial charge in [-0.15, -0.1) is 0 Å². The molecule has 0 aliphatic heterocycles. The zero-order valence-electron chi connectivity index (χ0n) is 5.68. The molecule has 0 fully saturated rings. The molecule has 2 N–H and O–H groups in total. The van der Waals surface area contributed by atoms with Crippen molar-refractivity contribution in [3.63, 3.8) is 0 Å². The van der Waals surface area contributed by atoms with Crippen LogP contribution in [0.15, 0.2) is 0 Å². The first-order valence-electron chi connectivity index (χ1n) is 2.44. The Morgan fingerprint density at radius 3 is 1.80 bits per heavy atom. The molecule has 0 saturated heterocycles. The van der Waals surface area contributed by atoms with Gasteiger partial charge in [0.15, 0.2) is 0 Å². The molecule has 0 atom stereocenters. The summed E-state index contributed by atoms with van der Waals surface area (Å²) < 4.78 is 8.92. The average molecular weight is 154 g/mol. The lowest BCUT2D eigenvalue weighted by molar-refractivity contribution is -0.502. The Balaban J connectivity index is 3.26. The topological polar surface area (TPSA) is 77.4 Å². The van der Waals surface area contributed by atoms with Gasteiger partial charge in [0.05, 0.1) is 0 Å². The molecule has 0 amide bonds. The highest BCUT2D eigenvalue weighted by molar-refractivity contribution is 4.07. The molecule has 6 heteroatoms. The smallest absolute Gasteiger partial charge is 0.300 e. The highest BCUT2D eigenvalue weighted by Gasteiger charge is 2.07. The third-order valence-electron chi connectivity index (χ3n) is 0.605. The Morgan fingerprint density at radius 2 is 1.50 bits per heavy atom. The van der Waals surface area contributed by atoms with Crippen LogP contribution in [0, 0.1) is 0 Å². The van der Waals surface area contributed by atoms with Crippen molar-refractivity contribution in [2.24, 2.45) is 0 Å². The predicted octanol–water partition coefficient (Wildman–Crippen LogP) is -1.22.